The Morgan fingerprint density at radius 2 is 2.00 bits per heavy atom. The molecule has 1 aromatic carbocycles. The van der Waals surface area contributed by atoms with Crippen LogP contribution in [-0.2, 0) is 10.7 Å². The van der Waals surface area contributed by atoms with Gasteiger partial charge in [0.2, 0.25) is 5.91 Å². The normalized spacial score (nSPS) is 15.6. The van der Waals surface area contributed by atoms with Crippen molar-refractivity contribution in [3.05, 3.63) is 83.8 Å². The van der Waals surface area contributed by atoms with E-state index >= 15 is 0 Å². The molecule has 5 rings (SSSR count). The second-order valence-electron chi connectivity index (χ2n) is 10.0. The Bertz CT molecular complexity index is 1600. The maximum Gasteiger partial charge on any atom is 0.273 e. The van der Waals surface area contributed by atoms with Crippen molar-refractivity contribution < 1.29 is 18.4 Å². The van der Waals surface area contributed by atoms with Gasteiger partial charge in [0, 0.05) is 60.2 Å². The van der Waals surface area contributed by atoms with E-state index in [1.165, 1.54) is 24.4 Å². The van der Waals surface area contributed by atoms with E-state index < -0.39 is 11.8 Å². The molecule has 1 N–H and O–H groups in total. The van der Waals surface area contributed by atoms with E-state index in [-0.39, 0.29) is 29.8 Å². The zero-order valence-corrected chi connectivity index (χ0v) is 23.2. The van der Waals surface area contributed by atoms with E-state index in [0.29, 0.717) is 35.8 Å². The molecule has 0 spiro atoms. The largest absolute Gasteiger partial charge is 0.337 e. The van der Waals surface area contributed by atoms with Gasteiger partial charge >= 0.3 is 0 Å². The van der Waals surface area contributed by atoms with Gasteiger partial charge in [0.1, 0.15) is 11.5 Å². The lowest BCUT2D eigenvalue weighted by molar-refractivity contribution is -0.127. The molecule has 1 fully saturated rings. The minimum absolute atomic E-state index is 0.0502. The molecule has 11 heteroatoms. The highest BCUT2D eigenvalue weighted by Gasteiger charge is 2.31. The van der Waals surface area contributed by atoms with Crippen LogP contribution in [0.4, 0.5) is 14.6 Å². The van der Waals surface area contributed by atoms with Crippen molar-refractivity contribution in [1.29, 1.82) is 0 Å². The number of amides is 2. The molecule has 0 aliphatic carbocycles. The number of alkyl halides is 2. The van der Waals surface area contributed by atoms with Crippen molar-refractivity contribution in [1.82, 2.24) is 24.6 Å². The number of pyridine rings is 2. The quantitative estimate of drug-likeness (QED) is 0.237. The molecule has 212 valence electrons. The van der Waals surface area contributed by atoms with Crippen molar-refractivity contribution in [2.24, 2.45) is 0 Å². The Morgan fingerprint density at radius 3 is 2.73 bits per heavy atom. The van der Waals surface area contributed by atoms with Crippen LogP contribution in [0, 0.1) is 0 Å². The number of halogens is 3. The van der Waals surface area contributed by atoms with Gasteiger partial charge in [0.25, 0.3) is 11.8 Å². The molecule has 41 heavy (non-hydrogen) atoms. The number of fused-ring (bicyclic) bond motifs is 1. The van der Waals surface area contributed by atoms with Crippen LogP contribution in [0.25, 0.3) is 22.2 Å². The second-order valence-corrected chi connectivity index (χ2v) is 10.4. The van der Waals surface area contributed by atoms with E-state index in [4.69, 9.17) is 16.7 Å². The highest BCUT2D eigenvalue weighted by molar-refractivity contribution is 6.35. The van der Waals surface area contributed by atoms with Gasteiger partial charge in [-0.05, 0) is 43.2 Å². The number of hydrogen-bond donors (Lipinski definition) is 1. The summed E-state index contributed by atoms with van der Waals surface area (Å²) < 4.78 is 30.6. The van der Waals surface area contributed by atoms with Gasteiger partial charge in [-0.25, -0.2) is 13.8 Å². The van der Waals surface area contributed by atoms with E-state index in [2.05, 4.69) is 21.9 Å². The summed E-state index contributed by atoms with van der Waals surface area (Å²) in [6, 6.07) is 9.16. The SMILES string of the molecule is C=CC(=O)N1CCCC(n2nc(-c3ccc(C(=O)Nc4cc(C(F)(F)CCC)ccn4)cc3)c3cncc(Cl)c32)C1. The fraction of sp³-hybridized carbons (Fsp3) is 0.300. The molecule has 0 radical (unpaired) electrons. The van der Waals surface area contributed by atoms with Crippen LogP contribution in [0.15, 0.2) is 67.6 Å². The third-order valence-corrected chi connectivity index (χ3v) is 7.48. The Labute approximate surface area is 241 Å². The number of piperidine rings is 1. The Hall–Kier alpha value is -4.18. The number of nitrogens with zero attached hydrogens (tertiary/aromatic N) is 5. The van der Waals surface area contributed by atoms with Crippen molar-refractivity contribution >= 4 is 40.1 Å². The zero-order valence-electron chi connectivity index (χ0n) is 22.5. The minimum atomic E-state index is -3.00. The van der Waals surface area contributed by atoms with Crippen LogP contribution >= 0.6 is 11.6 Å². The fourth-order valence-electron chi connectivity index (χ4n) is 5.16. The van der Waals surface area contributed by atoms with Crippen LogP contribution in [0.1, 0.15) is 54.6 Å². The zero-order chi connectivity index (χ0) is 29.1. The number of aromatic nitrogens is 4. The van der Waals surface area contributed by atoms with Crippen molar-refractivity contribution in [2.45, 2.75) is 44.6 Å². The van der Waals surface area contributed by atoms with Crippen molar-refractivity contribution in [2.75, 3.05) is 18.4 Å². The third kappa shape index (κ3) is 5.83. The first-order chi connectivity index (χ1) is 19.7. The monoisotopic (exact) mass is 578 g/mol. The standard InChI is InChI=1S/C30H29ClF2N6O2/c1-3-12-30(32,33)21-11-13-35-25(15-21)36-29(41)20-9-7-19(8-10-20)27-23-16-34-17-24(31)28(23)39(37-27)22-6-5-14-38(18-22)26(40)4-2/h4,7-11,13,15-17,22H,2-3,5-6,12,14,18H2,1H3,(H,35,36,41). The molecule has 1 aliphatic rings. The number of hydrogen-bond acceptors (Lipinski definition) is 5. The van der Waals surface area contributed by atoms with E-state index in [9.17, 15) is 18.4 Å². The molecule has 1 saturated heterocycles. The predicted octanol–water partition coefficient (Wildman–Crippen LogP) is 6.64. The average Bonchev–Trinajstić information content (AvgIpc) is 3.38. The average molecular weight is 579 g/mol. The van der Waals surface area contributed by atoms with Gasteiger partial charge in [-0.3, -0.25) is 19.3 Å². The number of anilines is 1. The molecule has 0 bridgehead atoms. The summed E-state index contributed by atoms with van der Waals surface area (Å²) in [6.07, 6.45) is 7.53. The number of carbonyl (C=O) groups is 2. The number of benzene rings is 1. The lowest BCUT2D eigenvalue weighted by Crippen LogP contribution is -2.40. The van der Waals surface area contributed by atoms with Crippen LogP contribution < -0.4 is 5.32 Å². The Morgan fingerprint density at radius 1 is 1.22 bits per heavy atom. The van der Waals surface area contributed by atoms with Crippen LogP contribution in [0.3, 0.4) is 0 Å². The van der Waals surface area contributed by atoms with Gasteiger partial charge < -0.3 is 10.2 Å². The van der Waals surface area contributed by atoms with E-state index in [1.54, 1.807) is 48.5 Å². The van der Waals surface area contributed by atoms with Gasteiger partial charge in [0.15, 0.2) is 0 Å². The molecule has 1 atom stereocenters. The summed E-state index contributed by atoms with van der Waals surface area (Å²) in [4.78, 5) is 35.2. The lowest BCUT2D eigenvalue weighted by atomic mass is 10.0. The summed E-state index contributed by atoms with van der Waals surface area (Å²) in [7, 11) is 0. The molecule has 8 nitrogen and oxygen atoms in total. The van der Waals surface area contributed by atoms with E-state index in [1.807, 2.05) is 4.68 Å². The Kier molecular flexibility index (Phi) is 8.12. The summed E-state index contributed by atoms with van der Waals surface area (Å²) in [6.45, 7) is 6.43. The van der Waals surface area contributed by atoms with Crippen LogP contribution in [-0.4, -0.2) is 49.6 Å². The topological polar surface area (TPSA) is 93.0 Å². The van der Waals surface area contributed by atoms with Crippen molar-refractivity contribution in [3.8, 4) is 11.3 Å². The summed E-state index contributed by atoms with van der Waals surface area (Å²) >= 11 is 6.58. The highest BCUT2D eigenvalue weighted by atomic mass is 35.5. The number of nitrogens with one attached hydrogen (secondary N) is 1. The molecular weight excluding hydrogens is 550 g/mol. The molecule has 3 aromatic heterocycles. The molecule has 2 amide bonds. The van der Waals surface area contributed by atoms with Gasteiger partial charge in [-0.1, -0.05) is 43.7 Å². The highest BCUT2D eigenvalue weighted by Crippen LogP contribution is 2.36. The number of rotatable bonds is 8. The molecule has 1 unspecified atom stereocenters. The first kappa shape index (κ1) is 28.4. The molecule has 1 aliphatic heterocycles. The Balaban J connectivity index is 1.40. The predicted molar refractivity (Wildman–Crippen MR) is 154 cm³/mol. The smallest absolute Gasteiger partial charge is 0.273 e. The van der Waals surface area contributed by atoms with E-state index in [0.717, 1.165) is 29.3 Å². The maximum atomic E-state index is 14.3. The summed E-state index contributed by atoms with van der Waals surface area (Å²) in [5, 5.41) is 8.70. The molecule has 4 aromatic rings. The lowest BCUT2D eigenvalue weighted by Gasteiger charge is -2.32. The van der Waals surface area contributed by atoms with Gasteiger partial charge in [-0.15, -0.1) is 0 Å². The van der Waals surface area contributed by atoms with Gasteiger partial charge in [-0.2, -0.15) is 5.10 Å². The number of carbonyl (C=O) groups excluding carboxylic acids is 2. The summed E-state index contributed by atoms with van der Waals surface area (Å²) in [5.41, 5.74) is 2.24. The first-order valence-corrected chi connectivity index (χ1v) is 13.8. The van der Waals surface area contributed by atoms with Crippen LogP contribution in [0.2, 0.25) is 5.02 Å². The third-order valence-electron chi connectivity index (χ3n) is 7.20. The summed E-state index contributed by atoms with van der Waals surface area (Å²) in [5.74, 6) is -3.55. The fourth-order valence-corrected chi connectivity index (χ4v) is 5.40. The number of likely N-dealkylation sites (tertiary alicyclic amines) is 1. The molecule has 0 saturated carbocycles. The minimum Gasteiger partial charge on any atom is -0.337 e. The first-order valence-electron chi connectivity index (χ1n) is 13.4. The molecular formula is C30H29ClF2N6O2. The van der Waals surface area contributed by atoms with Crippen molar-refractivity contribution in [3.63, 3.8) is 0 Å². The van der Waals surface area contributed by atoms with Crippen LogP contribution in [0.5, 0.6) is 0 Å². The molecule has 4 heterocycles. The van der Waals surface area contributed by atoms with Gasteiger partial charge in [0.05, 0.1) is 16.6 Å². The maximum absolute atomic E-state index is 14.3. The second kappa shape index (κ2) is 11.7.